The highest BCUT2D eigenvalue weighted by atomic mass is 35.5. The van der Waals surface area contributed by atoms with Gasteiger partial charge in [-0.2, -0.15) is 0 Å². The van der Waals surface area contributed by atoms with Crippen molar-refractivity contribution >= 4 is 36.0 Å². The third-order valence-electron chi connectivity index (χ3n) is 4.34. The van der Waals surface area contributed by atoms with Crippen molar-refractivity contribution in [2.24, 2.45) is 0 Å². The maximum atomic E-state index is 12.5. The molecule has 7 heteroatoms. The predicted molar refractivity (Wildman–Crippen MR) is 93.4 cm³/mol. The number of carbonyl (C=O) groups is 2. The summed E-state index contributed by atoms with van der Waals surface area (Å²) in [6.45, 7) is 5.21. The molecule has 0 radical (unpaired) electrons. The molecule has 2 N–H and O–H groups in total. The Bertz CT molecular complexity index is 384. The highest BCUT2D eigenvalue weighted by Gasteiger charge is 2.35. The number of hydrogen-bond acceptors (Lipinski definition) is 4. The Kier molecular flexibility index (Phi) is 8.57. The molecular weight excluding hydrogens is 322 g/mol. The third kappa shape index (κ3) is 5.03. The van der Waals surface area contributed by atoms with Crippen LogP contribution >= 0.6 is 24.2 Å². The van der Waals surface area contributed by atoms with Gasteiger partial charge in [0.2, 0.25) is 11.8 Å². The number of unbranched alkanes of at least 4 members (excludes halogenated alkanes) is 1. The lowest BCUT2D eigenvalue weighted by molar-refractivity contribution is -0.138. The van der Waals surface area contributed by atoms with E-state index in [9.17, 15) is 9.59 Å². The number of piperidine rings is 1. The molecule has 3 unspecified atom stereocenters. The Labute approximate surface area is 143 Å². The number of amides is 2. The van der Waals surface area contributed by atoms with Crippen molar-refractivity contribution < 1.29 is 9.59 Å². The molecule has 22 heavy (non-hydrogen) atoms. The van der Waals surface area contributed by atoms with Gasteiger partial charge in [-0.3, -0.25) is 9.59 Å². The van der Waals surface area contributed by atoms with Crippen LogP contribution in [0.1, 0.15) is 46.0 Å². The standard InChI is InChI=1S/C15H27N3O2S.ClH/c1-3-4-7-14(19)18-10-21-9-13(18)15(20)17-12-6-5-8-16-11(12)2;/h11-13,16H,3-10H2,1-2H3,(H,17,20);1H. The van der Waals surface area contributed by atoms with E-state index in [-0.39, 0.29) is 36.3 Å². The molecule has 2 amide bonds. The molecule has 128 valence electrons. The van der Waals surface area contributed by atoms with Crippen LogP contribution in [-0.2, 0) is 9.59 Å². The number of nitrogens with zero attached hydrogens (tertiary/aromatic N) is 1. The number of carbonyl (C=O) groups excluding carboxylic acids is 2. The van der Waals surface area contributed by atoms with Gasteiger partial charge in [-0.15, -0.1) is 24.2 Å². The molecule has 2 saturated heterocycles. The van der Waals surface area contributed by atoms with Gasteiger partial charge in [0.25, 0.3) is 0 Å². The lowest BCUT2D eigenvalue weighted by atomic mass is 9.99. The van der Waals surface area contributed by atoms with E-state index < -0.39 is 0 Å². The third-order valence-corrected chi connectivity index (χ3v) is 5.35. The highest BCUT2D eigenvalue weighted by Crippen LogP contribution is 2.23. The molecule has 0 spiro atoms. The highest BCUT2D eigenvalue weighted by molar-refractivity contribution is 7.99. The number of hydrogen-bond donors (Lipinski definition) is 2. The summed E-state index contributed by atoms with van der Waals surface area (Å²) >= 11 is 1.67. The number of halogens is 1. The lowest BCUT2D eigenvalue weighted by Gasteiger charge is -2.32. The second-order valence-electron chi connectivity index (χ2n) is 5.98. The molecule has 0 aromatic heterocycles. The minimum atomic E-state index is -0.284. The largest absolute Gasteiger partial charge is 0.350 e. The van der Waals surface area contributed by atoms with Gasteiger partial charge in [-0.05, 0) is 32.7 Å². The Morgan fingerprint density at radius 2 is 2.18 bits per heavy atom. The van der Waals surface area contributed by atoms with Gasteiger partial charge >= 0.3 is 0 Å². The van der Waals surface area contributed by atoms with E-state index >= 15 is 0 Å². The van der Waals surface area contributed by atoms with Crippen molar-refractivity contribution in [3.05, 3.63) is 0 Å². The summed E-state index contributed by atoms with van der Waals surface area (Å²) in [6.07, 6.45) is 4.58. The minimum Gasteiger partial charge on any atom is -0.350 e. The first-order chi connectivity index (χ1) is 10.1. The van der Waals surface area contributed by atoms with Crippen LogP contribution < -0.4 is 10.6 Å². The normalized spacial score (nSPS) is 28.1. The lowest BCUT2D eigenvalue weighted by Crippen LogP contribution is -2.56. The first-order valence-corrected chi connectivity index (χ1v) is 9.20. The Hall–Kier alpha value is -0.460. The summed E-state index contributed by atoms with van der Waals surface area (Å²) in [5, 5.41) is 6.53. The zero-order chi connectivity index (χ0) is 15.2. The average Bonchev–Trinajstić information content (AvgIpc) is 2.96. The Morgan fingerprint density at radius 3 is 2.86 bits per heavy atom. The van der Waals surface area contributed by atoms with Crippen molar-refractivity contribution in [3.8, 4) is 0 Å². The molecule has 0 saturated carbocycles. The molecule has 2 fully saturated rings. The summed E-state index contributed by atoms with van der Waals surface area (Å²) in [6, 6.07) is 0.207. The first-order valence-electron chi connectivity index (χ1n) is 8.04. The fourth-order valence-electron chi connectivity index (χ4n) is 2.90. The van der Waals surface area contributed by atoms with Gasteiger partial charge in [0.05, 0.1) is 5.88 Å². The quantitative estimate of drug-likeness (QED) is 0.794. The van der Waals surface area contributed by atoms with Crippen LogP contribution in [0.4, 0.5) is 0 Å². The maximum Gasteiger partial charge on any atom is 0.243 e. The van der Waals surface area contributed by atoms with Gasteiger partial charge in [0, 0.05) is 24.3 Å². The van der Waals surface area contributed by atoms with Gasteiger partial charge in [-0.1, -0.05) is 13.3 Å². The van der Waals surface area contributed by atoms with Crippen molar-refractivity contribution in [1.82, 2.24) is 15.5 Å². The summed E-state index contributed by atoms with van der Waals surface area (Å²) in [5.74, 6) is 1.51. The summed E-state index contributed by atoms with van der Waals surface area (Å²) in [4.78, 5) is 26.5. The van der Waals surface area contributed by atoms with E-state index in [0.29, 0.717) is 18.3 Å². The number of nitrogens with one attached hydrogen (secondary N) is 2. The van der Waals surface area contributed by atoms with Gasteiger partial charge in [-0.25, -0.2) is 0 Å². The molecule has 0 aromatic rings. The molecule has 5 nitrogen and oxygen atoms in total. The fraction of sp³-hybridized carbons (Fsp3) is 0.867. The van der Waals surface area contributed by atoms with E-state index in [0.717, 1.165) is 38.0 Å². The second kappa shape index (κ2) is 9.63. The molecule has 2 heterocycles. The van der Waals surface area contributed by atoms with Gasteiger partial charge < -0.3 is 15.5 Å². The molecular formula is C15H28ClN3O2S. The smallest absolute Gasteiger partial charge is 0.243 e. The summed E-state index contributed by atoms with van der Waals surface area (Å²) in [7, 11) is 0. The fourth-order valence-corrected chi connectivity index (χ4v) is 4.08. The zero-order valence-electron chi connectivity index (χ0n) is 13.5. The van der Waals surface area contributed by atoms with Crippen molar-refractivity contribution in [1.29, 1.82) is 0 Å². The van der Waals surface area contributed by atoms with Crippen molar-refractivity contribution in [3.63, 3.8) is 0 Å². The van der Waals surface area contributed by atoms with E-state index in [1.807, 2.05) is 0 Å². The van der Waals surface area contributed by atoms with Crippen LogP contribution in [0.3, 0.4) is 0 Å². The second-order valence-corrected chi connectivity index (χ2v) is 6.98. The summed E-state index contributed by atoms with van der Waals surface area (Å²) < 4.78 is 0. The van der Waals surface area contributed by atoms with Crippen LogP contribution in [-0.4, -0.2) is 53.0 Å². The predicted octanol–water partition coefficient (Wildman–Crippen LogP) is 1.76. The van der Waals surface area contributed by atoms with Crippen LogP contribution in [0.25, 0.3) is 0 Å². The molecule has 0 aromatic carbocycles. The molecule has 0 bridgehead atoms. The monoisotopic (exact) mass is 349 g/mol. The molecule has 0 aliphatic carbocycles. The molecule has 2 aliphatic rings. The minimum absolute atomic E-state index is 0. The van der Waals surface area contributed by atoms with Crippen LogP contribution in [0.15, 0.2) is 0 Å². The Morgan fingerprint density at radius 1 is 1.41 bits per heavy atom. The molecule has 2 rings (SSSR count). The Balaban J connectivity index is 0.00000242. The topological polar surface area (TPSA) is 61.4 Å². The molecule has 3 atom stereocenters. The van der Waals surface area contributed by atoms with Crippen molar-refractivity contribution in [2.75, 3.05) is 18.2 Å². The number of rotatable bonds is 5. The van der Waals surface area contributed by atoms with Crippen LogP contribution in [0.2, 0.25) is 0 Å². The van der Waals surface area contributed by atoms with E-state index in [4.69, 9.17) is 0 Å². The number of thioether (sulfide) groups is 1. The zero-order valence-corrected chi connectivity index (χ0v) is 15.1. The summed E-state index contributed by atoms with van der Waals surface area (Å²) in [5.41, 5.74) is 0. The molecule has 2 aliphatic heterocycles. The van der Waals surface area contributed by atoms with Gasteiger partial charge in [0.15, 0.2) is 0 Å². The van der Waals surface area contributed by atoms with Crippen molar-refractivity contribution in [2.45, 2.75) is 64.1 Å². The van der Waals surface area contributed by atoms with Crippen LogP contribution in [0, 0.1) is 0 Å². The van der Waals surface area contributed by atoms with Crippen LogP contribution in [0.5, 0.6) is 0 Å². The van der Waals surface area contributed by atoms with Gasteiger partial charge in [0.1, 0.15) is 6.04 Å². The van der Waals surface area contributed by atoms with E-state index in [2.05, 4.69) is 24.5 Å². The first kappa shape index (κ1) is 19.6. The SMILES string of the molecule is CCCCC(=O)N1CSCC1C(=O)NC1CCCNC1C.Cl. The maximum absolute atomic E-state index is 12.5. The van der Waals surface area contributed by atoms with E-state index in [1.54, 1.807) is 16.7 Å². The average molecular weight is 350 g/mol. The van der Waals surface area contributed by atoms with E-state index in [1.165, 1.54) is 0 Å².